The molecule has 1 N–H and O–H groups in total. The van der Waals surface area contributed by atoms with E-state index in [4.69, 9.17) is 5.11 Å². The van der Waals surface area contributed by atoms with E-state index in [1.165, 1.54) is 12.1 Å². The second-order valence-corrected chi connectivity index (χ2v) is 4.54. The fourth-order valence-corrected chi connectivity index (χ4v) is 2.32. The van der Waals surface area contributed by atoms with Crippen LogP contribution in [0.3, 0.4) is 0 Å². The van der Waals surface area contributed by atoms with Crippen LogP contribution in [-0.4, -0.2) is 16.7 Å². The molecule has 0 unspecified atom stereocenters. The molecule has 0 atom stereocenters. The van der Waals surface area contributed by atoms with E-state index in [1.54, 1.807) is 12.1 Å². The van der Waals surface area contributed by atoms with Crippen molar-refractivity contribution in [2.24, 2.45) is 0 Å². The smallest absolute Gasteiger partial charge is 0.335 e. The van der Waals surface area contributed by atoms with Gasteiger partial charge in [0, 0.05) is 6.42 Å². The van der Waals surface area contributed by atoms with E-state index in [2.05, 4.69) is 0 Å². The lowest BCUT2D eigenvalue weighted by molar-refractivity contribution is 0.0697. The average molecular weight is 222 g/mol. The van der Waals surface area contributed by atoms with Crippen LogP contribution in [0.1, 0.15) is 41.6 Å². The van der Waals surface area contributed by atoms with Crippen LogP contribution in [0.25, 0.3) is 0 Å². The van der Waals surface area contributed by atoms with E-state index < -0.39 is 11.6 Å². The number of halogens is 1. The minimum atomic E-state index is -1.06. The lowest BCUT2D eigenvalue weighted by atomic mass is 9.94. The standard InChI is InChI=1S/C13H15FO2/c14-13(7-1-2-8-13)9-10-3-5-11(6-4-10)12(15)16/h3-6H,1-2,7-9H2,(H,15,16). The molecular weight excluding hydrogens is 207 g/mol. The van der Waals surface area contributed by atoms with E-state index in [-0.39, 0.29) is 5.56 Å². The first kappa shape index (κ1) is 11.1. The summed E-state index contributed by atoms with van der Waals surface area (Å²) in [5.41, 5.74) is 0.0718. The molecule has 1 aromatic rings. The normalized spacial score (nSPS) is 18.6. The summed E-state index contributed by atoms with van der Waals surface area (Å²) >= 11 is 0. The molecule has 0 radical (unpaired) electrons. The molecule has 0 heterocycles. The maximum Gasteiger partial charge on any atom is 0.335 e. The highest BCUT2D eigenvalue weighted by molar-refractivity contribution is 5.87. The molecule has 1 saturated carbocycles. The molecule has 0 amide bonds. The first-order chi connectivity index (χ1) is 7.59. The van der Waals surface area contributed by atoms with Crippen molar-refractivity contribution >= 4 is 5.97 Å². The summed E-state index contributed by atoms with van der Waals surface area (Å²) in [6.45, 7) is 0. The molecule has 0 spiro atoms. The molecule has 0 aromatic heterocycles. The number of aromatic carboxylic acids is 1. The lowest BCUT2D eigenvalue weighted by Crippen LogP contribution is -2.21. The van der Waals surface area contributed by atoms with Crippen molar-refractivity contribution in [2.45, 2.75) is 37.8 Å². The number of hydrogen-bond acceptors (Lipinski definition) is 1. The van der Waals surface area contributed by atoms with Gasteiger partial charge in [-0.15, -0.1) is 0 Å². The Bertz CT molecular complexity index is 377. The summed E-state index contributed by atoms with van der Waals surface area (Å²) in [7, 11) is 0. The minimum Gasteiger partial charge on any atom is -0.478 e. The van der Waals surface area contributed by atoms with E-state index >= 15 is 0 Å². The van der Waals surface area contributed by atoms with Crippen LogP contribution >= 0.6 is 0 Å². The summed E-state index contributed by atoms with van der Waals surface area (Å²) in [4.78, 5) is 10.6. The second kappa shape index (κ2) is 4.24. The van der Waals surface area contributed by atoms with Crippen molar-refractivity contribution < 1.29 is 14.3 Å². The van der Waals surface area contributed by atoms with Crippen molar-refractivity contribution in [2.75, 3.05) is 0 Å². The van der Waals surface area contributed by atoms with Crippen LogP contribution in [0.15, 0.2) is 24.3 Å². The highest BCUT2D eigenvalue weighted by Gasteiger charge is 2.33. The predicted octanol–water partition coefficient (Wildman–Crippen LogP) is 3.21. The topological polar surface area (TPSA) is 37.3 Å². The van der Waals surface area contributed by atoms with Crippen molar-refractivity contribution in [3.63, 3.8) is 0 Å². The summed E-state index contributed by atoms with van der Waals surface area (Å²) in [5.74, 6) is -0.942. The average Bonchev–Trinajstić information content (AvgIpc) is 2.65. The van der Waals surface area contributed by atoms with Crippen molar-refractivity contribution in [1.29, 1.82) is 0 Å². The number of carboxylic acid groups (broad SMARTS) is 1. The van der Waals surface area contributed by atoms with Gasteiger partial charge in [-0.05, 0) is 30.5 Å². The molecule has 0 bridgehead atoms. The maximum absolute atomic E-state index is 14.1. The minimum absolute atomic E-state index is 0.253. The van der Waals surface area contributed by atoms with Crippen LogP contribution in [0.4, 0.5) is 4.39 Å². The Labute approximate surface area is 94.1 Å². The summed E-state index contributed by atoms with van der Waals surface area (Å²) in [5, 5.41) is 8.74. The molecule has 2 rings (SSSR count). The lowest BCUT2D eigenvalue weighted by Gasteiger charge is -2.18. The molecule has 1 aliphatic carbocycles. The van der Waals surface area contributed by atoms with E-state index in [0.717, 1.165) is 18.4 Å². The fraction of sp³-hybridized carbons (Fsp3) is 0.462. The summed E-state index contributed by atoms with van der Waals surface area (Å²) in [6, 6.07) is 6.50. The Hall–Kier alpha value is -1.38. The maximum atomic E-state index is 14.1. The molecule has 1 aliphatic rings. The Kier molecular flexibility index (Phi) is 2.95. The molecule has 0 saturated heterocycles. The second-order valence-electron chi connectivity index (χ2n) is 4.54. The zero-order valence-corrected chi connectivity index (χ0v) is 9.08. The molecule has 0 aliphatic heterocycles. The van der Waals surface area contributed by atoms with Crippen LogP contribution < -0.4 is 0 Å². The molecule has 16 heavy (non-hydrogen) atoms. The molecule has 2 nitrogen and oxygen atoms in total. The largest absolute Gasteiger partial charge is 0.478 e. The van der Waals surface area contributed by atoms with E-state index in [1.807, 2.05) is 0 Å². The summed E-state index contributed by atoms with van der Waals surface area (Å²) < 4.78 is 14.1. The zero-order chi connectivity index (χ0) is 11.6. The molecule has 1 fully saturated rings. The number of carboxylic acids is 1. The van der Waals surface area contributed by atoms with Gasteiger partial charge in [0.25, 0.3) is 0 Å². The van der Waals surface area contributed by atoms with Crippen molar-refractivity contribution in [3.05, 3.63) is 35.4 Å². The molecular formula is C13H15FO2. The quantitative estimate of drug-likeness (QED) is 0.852. The number of carbonyl (C=O) groups is 1. The predicted molar refractivity (Wildman–Crippen MR) is 59.4 cm³/mol. The number of hydrogen-bond donors (Lipinski definition) is 1. The Balaban J connectivity index is 2.07. The van der Waals surface area contributed by atoms with Gasteiger partial charge in [0.05, 0.1) is 5.56 Å². The monoisotopic (exact) mass is 222 g/mol. The Morgan fingerprint density at radius 2 is 1.81 bits per heavy atom. The van der Waals surface area contributed by atoms with Gasteiger partial charge in [-0.3, -0.25) is 0 Å². The van der Waals surface area contributed by atoms with Gasteiger partial charge in [-0.2, -0.15) is 0 Å². The first-order valence-corrected chi connectivity index (χ1v) is 5.60. The van der Waals surface area contributed by atoms with Gasteiger partial charge in [0.2, 0.25) is 0 Å². The van der Waals surface area contributed by atoms with Gasteiger partial charge >= 0.3 is 5.97 Å². The zero-order valence-electron chi connectivity index (χ0n) is 9.08. The van der Waals surface area contributed by atoms with E-state index in [9.17, 15) is 9.18 Å². The third kappa shape index (κ3) is 2.40. The third-order valence-corrected chi connectivity index (χ3v) is 3.22. The molecule has 1 aromatic carbocycles. The van der Waals surface area contributed by atoms with Gasteiger partial charge in [0.1, 0.15) is 5.67 Å². The van der Waals surface area contributed by atoms with Crippen molar-refractivity contribution in [3.8, 4) is 0 Å². The third-order valence-electron chi connectivity index (χ3n) is 3.22. The SMILES string of the molecule is O=C(O)c1ccc(CC2(F)CCCC2)cc1. The molecule has 3 heteroatoms. The highest BCUT2D eigenvalue weighted by atomic mass is 19.1. The van der Waals surface area contributed by atoms with E-state index in [0.29, 0.717) is 19.3 Å². The van der Waals surface area contributed by atoms with Crippen LogP contribution in [0.5, 0.6) is 0 Å². The van der Waals surface area contributed by atoms with Crippen molar-refractivity contribution in [1.82, 2.24) is 0 Å². The van der Waals surface area contributed by atoms with Gasteiger partial charge < -0.3 is 5.11 Å². The summed E-state index contributed by atoms with van der Waals surface area (Å²) in [6.07, 6.45) is 3.60. The van der Waals surface area contributed by atoms with Gasteiger partial charge in [0.15, 0.2) is 0 Å². The van der Waals surface area contributed by atoms with Crippen LogP contribution in [0.2, 0.25) is 0 Å². The number of alkyl halides is 1. The van der Waals surface area contributed by atoms with Gasteiger partial charge in [-0.25, -0.2) is 9.18 Å². The highest BCUT2D eigenvalue weighted by Crippen LogP contribution is 2.36. The van der Waals surface area contributed by atoms with Crippen LogP contribution in [0, 0.1) is 0 Å². The number of rotatable bonds is 3. The van der Waals surface area contributed by atoms with Gasteiger partial charge in [-0.1, -0.05) is 25.0 Å². The Morgan fingerprint density at radius 3 is 2.31 bits per heavy atom. The number of benzene rings is 1. The first-order valence-electron chi connectivity index (χ1n) is 5.60. The van der Waals surface area contributed by atoms with Crippen LogP contribution in [-0.2, 0) is 6.42 Å². The molecule has 86 valence electrons. The Morgan fingerprint density at radius 1 is 1.25 bits per heavy atom. The fourth-order valence-electron chi connectivity index (χ4n) is 2.32.